The number of likely N-dealkylation sites (N-methyl/N-ethyl adjacent to an activating group) is 1. The van der Waals surface area contributed by atoms with Crippen LogP contribution < -0.4 is 5.32 Å². The van der Waals surface area contributed by atoms with Crippen LogP contribution in [0.2, 0.25) is 0 Å². The van der Waals surface area contributed by atoms with Gasteiger partial charge in [-0.15, -0.1) is 0 Å². The number of rotatable bonds is 5. The Balaban J connectivity index is 2.14. The van der Waals surface area contributed by atoms with E-state index in [0.717, 1.165) is 18.5 Å². The molecular weight excluding hydrogens is 222 g/mol. The van der Waals surface area contributed by atoms with Crippen molar-refractivity contribution in [2.45, 2.75) is 26.3 Å². The van der Waals surface area contributed by atoms with Gasteiger partial charge in [0.05, 0.1) is 0 Å². The highest BCUT2D eigenvalue weighted by molar-refractivity contribution is 5.24. The van der Waals surface area contributed by atoms with Crippen molar-refractivity contribution in [1.82, 2.24) is 15.3 Å². The summed E-state index contributed by atoms with van der Waals surface area (Å²) in [5.41, 5.74) is 3.76. The predicted molar refractivity (Wildman–Crippen MR) is 73.3 cm³/mol. The molecule has 2 rings (SSSR count). The van der Waals surface area contributed by atoms with E-state index in [-0.39, 0.29) is 6.04 Å². The molecule has 0 saturated heterocycles. The number of hydrogen-bond donors (Lipinski definition) is 1. The van der Waals surface area contributed by atoms with Gasteiger partial charge in [-0.05, 0) is 25.5 Å². The van der Waals surface area contributed by atoms with E-state index in [2.05, 4.69) is 53.4 Å². The molecule has 0 aliphatic carbocycles. The number of aryl methyl sites for hydroxylation is 1. The average Bonchev–Trinajstić information content (AvgIpc) is 2.42. The Kier molecular flexibility index (Phi) is 4.42. The van der Waals surface area contributed by atoms with Gasteiger partial charge in [-0.3, -0.25) is 0 Å². The van der Waals surface area contributed by atoms with Gasteiger partial charge in [-0.25, -0.2) is 9.97 Å². The summed E-state index contributed by atoms with van der Waals surface area (Å²) in [7, 11) is 0. The normalized spacial score (nSPS) is 12.3. The Hall–Kier alpha value is -1.74. The van der Waals surface area contributed by atoms with Crippen LogP contribution in [0.25, 0.3) is 0 Å². The zero-order valence-corrected chi connectivity index (χ0v) is 10.9. The minimum Gasteiger partial charge on any atom is -0.310 e. The Morgan fingerprint density at radius 1 is 1.11 bits per heavy atom. The maximum atomic E-state index is 4.09. The van der Waals surface area contributed by atoms with Crippen LogP contribution in [0.3, 0.4) is 0 Å². The van der Waals surface area contributed by atoms with Crippen molar-refractivity contribution in [2.75, 3.05) is 6.54 Å². The lowest BCUT2D eigenvalue weighted by Gasteiger charge is -2.17. The van der Waals surface area contributed by atoms with Crippen LogP contribution in [0, 0.1) is 6.92 Å². The number of hydrogen-bond acceptors (Lipinski definition) is 3. The van der Waals surface area contributed by atoms with Crippen molar-refractivity contribution in [2.24, 2.45) is 0 Å². The lowest BCUT2D eigenvalue weighted by atomic mass is 10.0. The molecule has 0 spiro atoms. The number of benzene rings is 1. The van der Waals surface area contributed by atoms with Gasteiger partial charge >= 0.3 is 0 Å². The third-order valence-corrected chi connectivity index (χ3v) is 2.99. The number of nitrogens with one attached hydrogen (secondary N) is 1. The summed E-state index contributed by atoms with van der Waals surface area (Å²) in [5.74, 6) is 0. The first-order valence-electron chi connectivity index (χ1n) is 6.33. The molecule has 1 aromatic heterocycles. The topological polar surface area (TPSA) is 37.8 Å². The summed E-state index contributed by atoms with van der Waals surface area (Å²) < 4.78 is 0. The Bertz CT molecular complexity index is 465. The van der Waals surface area contributed by atoms with Gasteiger partial charge in [-0.2, -0.15) is 0 Å². The van der Waals surface area contributed by atoms with Gasteiger partial charge < -0.3 is 5.32 Å². The van der Waals surface area contributed by atoms with Crippen LogP contribution in [-0.2, 0) is 6.42 Å². The van der Waals surface area contributed by atoms with Gasteiger partial charge in [0.2, 0.25) is 0 Å². The first-order valence-corrected chi connectivity index (χ1v) is 6.33. The van der Waals surface area contributed by atoms with Gasteiger partial charge in [0.15, 0.2) is 0 Å². The fraction of sp³-hybridized carbons (Fsp3) is 0.333. The monoisotopic (exact) mass is 241 g/mol. The van der Waals surface area contributed by atoms with Gasteiger partial charge in [-0.1, -0.05) is 36.8 Å². The molecule has 18 heavy (non-hydrogen) atoms. The second-order valence-corrected chi connectivity index (χ2v) is 4.47. The summed E-state index contributed by atoms with van der Waals surface area (Å²) in [5, 5.41) is 3.48. The van der Waals surface area contributed by atoms with Crippen LogP contribution in [-0.4, -0.2) is 16.5 Å². The summed E-state index contributed by atoms with van der Waals surface area (Å²) in [4.78, 5) is 8.18. The SMILES string of the molecule is CCNC(Cc1ccc(C)cc1)c1cncnc1. The van der Waals surface area contributed by atoms with Crippen molar-refractivity contribution < 1.29 is 0 Å². The minimum atomic E-state index is 0.277. The second kappa shape index (κ2) is 6.26. The molecule has 94 valence electrons. The largest absolute Gasteiger partial charge is 0.310 e. The van der Waals surface area contributed by atoms with Crippen LogP contribution in [0.15, 0.2) is 43.0 Å². The molecule has 0 saturated carbocycles. The zero-order valence-electron chi connectivity index (χ0n) is 10.9. The first-order chi connectivity index (χ1) is 8.79. The molecule has 1 N–H and O–H groups in total. The molecule has 0 bridgehead atoms. The molecule has 2 aromatic rings. The van der Waals surface area contributed by atoms with Crippen molar-refractivity contribution in [3.05, 3.63) is 59.7 Å². The van der Waals surface area contributed by atoms with Crippen molar-refractivity contribution >= 4 is 0 Å². The zero-order chi connectivity index (χ0) is 12.8. The molecule has 0 radical (unpaired) electrons. The Labute approximate surface area is 108 Å². The molecule has 1 unspecified atom stereocenters. The third-order valence-electron chi connectivity index (χ3n) is 2.99. The predicted octanol–water partition coefficient (Wildman–Crippen LogP) is 2.68. The van der Waals surface area contributed by atoms with E-state index in [4.69, 9.17) is 0 Å². The van der Waals surface area contributed by atoms with E-state index in [1.165, 1.54) is 11.1 Å². The van der Waals surface area contributed by atoms with E-state index >= 15 is 0 Å². The molecule has 0 fully saturated rings. The standard InChI is InChI=1S/C15H19N3/c1-3-18-15(14-9-16-11-17-10-14)8-13-6-4-12(2)5-7-13/h4-7,9-11,15,18H,3,8H2,1-2H3. The molecule has 3 nitrogen and oxygen atoms in total. The minimum absolute atomic E-state index is 0.277. The van der Waals surface area contributed by atoms with Crippen LogP contribution in [0.5, 0.6) is 0 Å². The molecule has 1 aromatic carbocycles. The summed E-state index contributed by atoms with van der Waals surface area (Å²) in [6, 6.07) is 8.95. The molecule has 0 aliphatic rings. The molecule has 1 atom stereocenters. The highest BCUT2D eigenvalue weighted by Gasteiger charge is 2.11. The quantitative estimate of drug-likeness (QED) is 0.874. The maximum Gasteiger partial charge on any atom is 0.115 e. The van der Waals surface area contributed by atoms with E-state index in [9.17, 15) is 0 Å². The molecular formula is C15H19N3. The van der Waals surface area contributed by atoms with Crippen molar-refractivity contribution in [3.63, 3.8) is 0 Å². The Morgan fingerprint density at radius 2 is 1.78 bits per heavy atom. The third kappa shape index (κ3) is 3.37. The highest BCUT2D eigenvalue weighted by atomic mass is 14.9. The highest BCUT2D eigenvalue weighted by Crippen LogP contribution is 2.17. The maximum absolute atomic E-state index is 4.09. The van der Waals surface area contributed by atoms with Crippen molar-refractivity contribution in [1.29, 1.82) is 0 Å². The lowest BCUT2D eigenvalue weighted by molar-refractivity contribution is 0.546. The average molecular weight is 241 g/mol. The molecule has 0 aliphatic heterocycles. The van der Waals surface area contributed by atoms with Gasteiger partial charge in [0.1, 0.15) is 6.33 Å². The Morgan fingerprint density at radius 3 is 2.39 bits per heavy atom. The fourth-order valence-electron chi connectivity index (χ4n) is 2.00. The van der Waals surface area contributed by atoms with E-state index in [0.29, 0.717) is 0 Å². The molecule has 1 heterocycles. The number of aromatic nitrogens is 2. The van der Waals surface area contributed by atoms with E-state index in [1.54, 1.807) is 6.33 Å². The fourth-order valence-corrected chi connectivity index (χ4v) is 2.00. The van der Waals surface area contributed by atoms with Gasteiger partial charge in [0, 0.05) is 24.0 Å². The second-order valence-electron chi connectivity index (χ2n) is 4.47. The summed E-state index contributed by atoms with van der Waals surface area (Å²) in [6.07, 6.45) is 6.29. The van der Waals surface area contributed by atoms with Gasteiger partial charge in [0.25, 0.3) is 0 Å². The van der Waals surface area contributed by atoms with Crippen molar-refractivity contribution in [3.8, 4) is 0 Å². The van der Waals surface area contributed by atoms with Crippen LogP contribution >= 0.6 is 0 Å². The van der Waals surface area contributed by atoms with E-state index < -0.39 is 0 Å². The molecule has 0 amide bonds. The first kappa shape index (κ1) is 12.7. The summed E-state index contributed by atoms with van der Waals surface area (Å²) >= 11 is 0. The van der Waals surface area contributed by atoms with Crippen LogP contribution in [0.1, 0.15) is 29.7 Å². The summed E-state index contributed by atoms with van der Waals surface area (Å²) in [6.45, 7) is 5.16. The lowest BCUT2D eigenvalue weighted by Crippen LogP contribution is -2.23. The van der Waals surface area contributed by atoms with E-state index in [1.807, 2.05) is 12.4 Å². The smallest absolute Gasteiger partial charge is 0.115 e. The van der Waals surface area contributed by atoms with Crippen LogP contribution in [0.4, 0.5) is 0 Å². The molecule has 3 heteroatoms. The number of nitrogens with zero attached hydrogens (tertiary/aromatic N) is 2.